The largest absolute Gasteiger partial charge is 0.255 e. The first-order chi connectivity index (χ1) is 5.93. The fraction of sp³-hybridized carbons (Fsp3) is 0.700. The molecule has 0 spiro atoms. The highest BCUT2D eigenvalue weighted by Gasteiger charge is 1.95. The zero-order chi connectivity index (χ0) is 9.23. The average Bonchev–Trinajstić information content (AvgIpc) is 2.37. The van der Waals surface area contributed by atoms with Crippen LogP contribution in [-0.4, -0.2) is 12.0 Å². The van der Waals surface area contributed by atoms with Gasteiger partial charge in [-0.3, -0.25) is 4.99 Å². The van der Waals surface area contributed by atoms with E-state index in [2.05, 4.69) is 18.0 Å². The maximum absolute atomic E-state index is 4.31. The summed E-state index contributed by atoms with van der Waals surface area (Å²) in [5.74, 6) is 1.13. The quantitative estimate of drug-likeness (QED) is 0.636. The third kappa shape index (κ3) is 5.42. The third-order valence-corrected chi connectivity index (χ3v) is 2.22. The number of nitrogens with zero attached hydrogens (tertiary/aromatic N) is 1. The van der Waals surface area contributed by atoms with Crippen LogP contribution in [-0.2, 0) is 0 Å². The molecule has 0 aromatic heterocycles. The lowest BCUT2D eigenvalue weighted by molar-refractivity contribution is 0.911. The van der Waals surface area contributed by atoms with Crippen molar-refractivity contribution >= 4 is 18.0 Å². The van der Waals surface area contributed by atoms with Crippen molar-refractivity contribution in [2.45, 2.75) is 40.0 Å². The zero-order valence-electron chi connectivity index (χ0n) is 8.34. The summed E-state index contributed by atoms with van der Waals surface area (Å²) in [5.41, 5.74) is 0. The topological polar surface area (TPSA) is 12.4 Å². The van der Waals surface area contributed by atoms with Gasteiger partial charge < -0.3 is 0 Å². The van der Waals surface area contributed by atoms with Gasteiger partial charge in [-0.25, -0.2) is 0 Å². The van der Waals surface area contributed by atoms with Crippen LogP contribution in [0.5, 0.6) is 0 Å². The van der Waals surface area contributed by atoms with Crippen LogP contribution < -0.4 is 0 Å². The van der Waals surface area contributed by atoms with Gasteiger partial charge in [-0.05, 0) is 25.0 Å². The Labute approximate surface area is 80.4 Å². The molecule has 0 saturated heterocycles. The van der Waals surface area contributed by atoms with Crippen LogP contribution in [0.4, 0.5) is 0 Å². The van der Waals surface area contributed by atoms with Crippen LogP contribution in [0.25, 0.3) is 0 Å². The first-order valence-electron chi connectivity index (χ1n) is 4.79. The van der Waals surface area contributed by atoms with E-state index in [1.807, 2.05) is 31.8 Å². The third-order valence-electron chi connectivity index (χ3n) is 1.37. The highest BCUT2D eigenvalue weighted by atomic mass is 32.2. The van der Waals surface area contributed by atoms with E-state index < -0.39 is 0 Å². The lowest BCUT2D eigenvalue weighted by Gasteiger charge is -1.94. The molecule has 70 valence electrons. The van der Waals surface area contributed by atoms with Crippen LogP contribution in [0.3, 0.4) is 0 Å². The van der Waals surface area contributed by atoms with Crippen molar-refractivity contribution in [3.05, 3.63) is 11.1 Å². The fourth-order valence-electron chi connectivity index (χ4n) is 0.886. The lowest BCUT2D eigenvalue weighted by atomic mass is 10.2. The maximum atomic E-state index is 4.31. The number of aliphatic imine (C=N–C) groups is 1. The molecule has 0 aromatic carbocycles. The van der Waals surface area contributed by atoms with E-state index in [0.717, 1.165) is 12.2 Å². The Hall–Kier alpha value is -0.240. The molecule has 0 amide bonds. The van der Waals surface area contributed by atoms with Crippen LogP contribution in [0.15, 0.2) is 16.1 Å². The number of hydrogen-bond acceptors (Lipinski definition) is 2. The van der Waals surface area contributed by atoms with E-state index in [1.54, 1.807) is 0 Å². The second-order valence-electron chi connectivity index (χ2n) is 2.22. The molecule has 1 aliphatic rings. The summed E-state index contributed by atoms with van der Waals surface area (Å²) in [7, 11) is 0. The smallest absolute Gasteiger partial charge is 0.0915 e. The summed E-state index contributed by atoms with van der Waals surface area (Å²) in [6.45, 7) is 6.16. The molecular weight excluding hydrogens is 166 g/mol. The summed E-state index contributed by atoms with van der Waals surface area (Å²) in [4.78, 5) is 4.31. The minimum Gasteiger partial charge on any atom is -0.255 e. The number of allylic oxidation sites excluding steroid dienone is 1. The average molecular weight is 185 g/mol. The minimum absolute atomic E-state index is 1.13. The van der Waals surface area contributed by atoms with Crippen LogP contribution in [0, 0.1) is 0 Å². The zero-order valence-corrected chi connectivity index (χ0v) is 9.16. The normalized spacial score (nSPS) is 15.8. The van der Waals surface area contributed by atoms with Crippen molar-refractivity contribution in [2.75, 3.05) is 5.75 Å². The van der Waals surface area contributed by atoms with Gasteiger partial charge in [0.2, 0.25) is 0 Å². The van der Waals surface area contributed by atoms with E-state index in [-0.39, 0.29) is 0 Å². The van der Waals surface area contributed by atoms with E-state index in [9.17, 15) is 0 Å². The highest BCUT2D eigenvalue weighted by Crippen LogP contribution is 2.19. The Morgan fingerprint density at radius 1 is 1.42 bits per heavy atom. The standard InChI is InChI=1S/C8H13NS.C2H6/c1-2-10-8-6-4-3-5-7-9-8;1-2/h6-7H,2-5H2,1H3;1-2H3. The predicted molar refractivity (Wildman–Crippen MR) is 59.9 cm³/mol. The molecule has 0 bridgehead atoms. The van der Waals surface area contributed by atoms with Gasteiger partial charge in [0.1, 0.15) is 0 Å². The molecule has 0 radical (unpaired) electrons. The number of thioether (sulfide) groups is 1. The van der Waals surface area contributed by atoms with Crippen LogP contribution in [0.1, 0.15) is 40.0 Å². The van der Waals surface area contributed by atoms with Gasteiger partial charge in [0.05, 0.1) is 5.03 Å². The van der Waals surface area contributed by atoms with Crippen LogP contribution >= 0.6 is 11.8 Å². The van der Waals surface area contributed by atoms with E-state index in [4.69, 9.17) is 0 Å². The van der Waals surface area contributed by atoms with Crippen molar-refractivity contribution in [2.24, 2.45) is 4.99 Å². The molecule has 2 heteroatoms. The van der Waals surface area contributed by atoms with E-state index in [0.29, 0.717) is 0 Å². The SMILES string of the molecule is CC.CCSC1=CCCCC=N1. The summed E-state index contributed by atoms with van der Waals surface area (Å²) >= 11 is 1.83. The molecule has 12 heavy (non-hydrogen) atoms. The van der Waals surface area contributed by atoms with Gasteiger partial charge in [0.25, 0.3) is 0 Å². The molecular formula is C10H19NS. The van der Waals surface area contributed by atoms with Gasteiger partial charge in [0, 0.05) is 6.21 Å². The Morgan fingerprint density at radius 2 is 2.17 bits per heavy atom. The van der Waals surface area contributed by atoms with E-state index >= 15 is 0 Å². The Bertz CT molecular complexity index is 150. The maximum Gasteiger partial charge on any atom is 0.0915 e. The second kappa shape index (κ2) is 8.85. The molecule has 0 aromatic rings. The molecule has 0 N–H and O–H groups in total. The van der Waals surface area contributed by atoms with Crippen molar-refractivity contribution in [1.29, 1.82) is 0 Å². The van der Waals surface area contributed by atoms with Crippen molar-refractivity contribution in [3.8, 4) is 0 Å². The van der Waals surface area contributed by atoms with Gasteiger partial charge in [0.15, 0.2) is 0 Å². The van der Waals surface area contributed by atoms with Gasteiger partial charge in [-0.2, -0.15) is 0 Å². The fourth-order valence-corrected chi connectivity index (χ4v) is 1.57. The molecule has 0 unspecified atom stereocenters. The van der Waals surface area contributed by atoms with E-state index in [1.165, 1.54) is 17.9 Å². The summed E-state index contributed by atoms with van der Waals surface area (Å²) < 4.78 is 0. The molecule has 0 aliphatic carbocycles. The first-order valence-corrected chi connectivity index (χ1v) is 5.77. The Morgan fingerprint density at radius 3 is 2.83 bits per heavy atom. The Kier molecular flexibility index (Phi) is 8.68. The van der Waals surface area contributed by atoms with Crippen molar-refractivity contribution in [1.82, 2.24) is 0 Å². The van der Waals surface area contributed by atoms with Crippen molar-refractivity contribution < 1.29 is 0 Å². The molecule has 0 atom stereocenters. The van der Waals surface area contributed by atoms with Gasteiger partial charge >= 0.3 is 0 Å². The summed E-state index contributed by atoms with van der Waals surface area (Å²) in [6, 6.07) is 0. The van der Waals surface area contributed by atoms with Crippen LogP contribution in [0.2, 0.25) is 0 Å². The minimum atomic E-state index is 1.13. The van der Waals surface area contributed by atoms with Crippen molar-refractivity contribution in [3.63, 3.8) is 0 Å². The predicted octanol–water partition coefficient (Wildman–Crippen LogP) is 3.86. The molecule has 1 heterocycles. The number of rotatable bonds is 2. The van der Waals surface area contributed by atoms with Gasteiger partial charge in [-0.1, -0.05) is 26.8 Å². The molecule has 1 aliphatic heterocycles. The molecule has 0 saturated carbocycles. The Balaban J connectivity index is 0.000000561. The summed E-state index contributed by atoms with van der Waals surface area (Å²) in [6.07, 6.45) is 7.86. The monoisotopic (exact) mass is 185 g/mol. The molecule has 1 rings (SSSR count). The second-order valence-corrected chi connectivity index (χ2v) is 3.50. The van der Waals surface area contributed by atoms with Gasteiger partial charge in [-0.15, -0.1) is 11.8 Å². The number of hydrogen-bond donors (Lipinski definition) is 0. The summed E-state index contributed by atoms with van der Waals surface area (Å²) in [5, 5.41) is 1.21. The lowest BCUT2D eigenvalue weighted by Crippen LogP contribution is -1.72. The molecule has 0 fully saturated rings. The molecule has 1 nitrogen and oxygen atoms in total. The highest BCUT2D eigenvalue weighted by molar-refractivity contribution is 8.03. The first kappa shape index (κ1) is 11.8.